The number of hydrogen-bond donors (Lipinski definition) is 1. The number of piperidine rings is 1. The lowest BCUT2D eigenvalue weighted by molar-refractivity contribution is -0.139. The van der Waals surface area contributed by atoms with E-state index in [9.17, 15) is 4.79 Å². The van der Waals surface area contributed by atoms with Gasteiger partial charge in [-0.05, 0) is 43.2 Å². The Morgan fingerprint density at radius 2 is 2.08 bits per heavy atom. The highest BCUT2D eigenvalue weighted by Gasteiger charge is 2.39. The fourth-order valence-corrected chi connectivity index (χ4v) is 4.80. The van der Waals surface area contributed by atoms with Gasteiger partial charge < -0.3 is 9.88 Å². The molecule has 2 aliphatic heterocycles. The highest BCUT2D eigenvalue weighted by molar-refractivity contribution is 5.86. The fourth-order valence-electron chi connectivity index (χ4n) is 4.80. The molecule has 1 fully saturated rings. The number of carbonyl (C=O) groups is 1. The molecule has 3 heterocycles. The number of nitrogens with one attached hydrogen (secondary N) is 1. The van der Waals surface area contributed by atoms with Crippen LogP contribution in [0.15, 0.2) is 24.3 Å². The molecule has 3 nitrogen and oxygen atoms in total. The number of hydrogen-bond acceptors (Lipinski definition) is 1. The summed E-state index contributed by atoms with van der Waals surface area (Å²) in [5, 5.41) is 1.36. The van der Waals surface area contributed by atoms with E-state index in [1.165, 1.54) is 47.8 Å². The molecule has 2 aliphatic rings. The summed E-state index contributed by atoms with van der Waals surface area (Å²) in [7, 11) is 0. The third-order valence-electron chi connectivity index (χ3n) is 5.98. The van der Waals surface area contributed by atoms with Gasteiger partial charge in [0, 0.05) is 29.6 Å². The number of unbranched alkanes of at least 4 members (excludes halogenated alkanes) is 2. The molecule has 128 valence electrons. The molecule has 24 heavy (non-hydrogen) atoms. The largest absolute Gasteiger partial charge is 0.356 e. The number of amides is 1. The summed E-state index contributed by atoms with van der Waals surface area (Å²) >= 11 is 0. The molecule has 0 aliphatic carbocycles. The number of aromatic nitrogens is 1. The monoisotopic (exact) mass is 324 g/mol. The van der Waals surface area contributed by atoms with Crippen LogP contribution in [0.3, 0.4) is 0 Å². The van der Waals surface area contributed by atoms with Crippen molar-refractivity contribution in [1.29, 1.82) is 0 Å². The van der Waals surface area contributed by atoms with E-state index in [-0.39, 0.29) is 6.04 Å². The zero-order chi connectivity index (χ0) is 16.5. The van der Waals surface area contributed by atoms with Crippen LogP contribution in [0.2, 0.25) is 0 Å². The lowest BCUT2D eigenvalue weighted by Crippen LogP contribution is -2.43. The van der Waals surface area contributed by atoms with E-state index in [1.807, 2.05) is 0 Å². The molecule has 4 rings (SSSR count). The maximum atomic E-state index is 12.6. The van der Waals surface area contributed by atoms with Crippen LogP contribution in [0.4, 0.5) is 0 Å². The molecule has 1 aromatic heterocycles. The highest BCUT2D eigenvalue weighted by Crippen LogP contribution is 2.44. The number of fused-ring (bicyclic) bond motifs is 5. The first-order chi connectivity index (χ1) is 11.8. The van der Waals surface area contributed by atoms with Crippen LogP contribution in [0.1, 0.15) is 69.2 Å². The first kappa shape index (κ1) is 15.7. The summed E-state index contributed by atoms with van der Waals surface area (Å²) < 4.78 is 0. The Morgan fingerprint density at radius 3 is 2.96 bits per heavy atom. The summed E-state index contributed by atoms with van der Waals surface area (Å²) in [6, 6.07) is 8.90. The van der Waals surface area contributed by atoms with Crippen molar-refractivity contribution >= 4 is 16.8 Å². The smallest absolute Gasteiger partial charge is 0.223 e. The average Bonchev–Trinajstić information content (AvgIpc) is 2.85. The minimum Gasteiger partial charge on any atom is -0.356 e. The lowest BCUT2D eigenvalue weighted by Gasteiger charge is -2.40. The Morgan fingerprint density at radius 1 is 1.21 bits per heavy atom. The molecule has 1 saturated heterocycles. The molecule has 2 aromatic rings. The van der Waals surface area contributed by atoms with Crippen molar-refractivity contribution in [2.75, 3.05) is 6.54 Å². The van der Waals surface area contributed by atoms with Crippen LogP contribution in [0, 0.1) is 5.92 Å². The molecule has 3 heteroatoms. The summed E-state index contributed by atoms with van der Waals surface area (Å²) in [4.78, 5) is 18.5. The zero-order valence-corrected chi connectivity index (χ0v) is 14.7. The van der Waals surface area contributed by atoms with E-state index < -0.39 is 0 Å². The van der Waals surface area contributed by atoms with Gasteiger partial charge in [-0.1, -0.05) is 44.4 Å². The third-order valence-corrected chi connectivity index (χ3v) is 5.98. The van der Waals surface area contributed by atoms with Gasteiger partial charge in [-0.25, -0.2) is 0 Å². The van der Waals surface area contributed by atoms with Crippen molar-refractivity contribution in [3.63, 3.8) is 0 Å². The van der Waals surface area contributed by atoms with E-state index in [1.54, 1.807) is 0 Å². The van der Waals surface area contributed by atoms with Crippen LogP contribution in [0.5, 0.6) is 0 Å². The van der Waals surface area contributed by atoms with Gasteiger partial charge in [-0.2, -0.15) is 0 Å². The molecule has 0 spiro atoms. The second-order valence-corrected chi connectivity index (χ2v) is 7.49. The Balaban J connectivity index is 1.75. The number of H-pyrrole nitrogens is 1. The molecule has 0 unspecified atom stereocenters. The second kappa shape index (κ2) is 6.62. The van der Waals surface area contributed by atoms with Crippen molar-refractivity contribution in [2.45, 2.75) is 64.3 Å². The molecule has 0 saturated carbocycles. The lowest BCUT2D eigenvalue weighted by atomic mass is 9.82. The molecular formula is C21H28N2O. The minimum atomic E-state index is 0.271. The van der Waals surface area contributed by atoms with Crippen LogP contribution >= 0.6 is 0 Å². The maximum absolute atomic E-state index is 12.6. The Labute approximate surface area is 144 Å². The Bertz CT molecular complexity index is 733. The first-order valence-corrected chi connectivity index (χ1v) is 9.68. The summed E-state index contributed by atoms with van der Waals surface area (Å²) in [5.74, 6) is 0.970. The van der Waals surface area contributed by atoms with Crippen LogP contribution < -0.4 is 0 Å². The number of para-hydroxylation sites is 1. The molecule has 2 atom stereocenters. The van der Waals surface area contributed by atoms with E-state index in [0.29, 0.717) is 11.8 Å². The average molecular weight is 324 g/mol. The SMILES string of the molecule is CCCCC[C@H]1CCC(=O)N2CCCc3c([nH]c4ccccc34)[C@@H]12. The van der Waals surface area contributed by atoms with Crippen molar-refractivity contribution in [2.24, 2.45) is 5.92 Å². The normalized spacial score (nSPS) is 23.9. The van der Waals surface area contributed by atoms with E-state index in [4.69, 9.17) is 0 Å². The van der Waals surface area contributed by atoms with Crippen LogP contribution in [-0.2, 0) is 11.2 Å². The topological polar surface area (TPSA) is 36.1 Å². The van der Waals surface area contributed by atoms with Crippen molar-refractivity contribution in [1.82, 2.24) is 9.88 Å². The van der Waals surface area contributed by atoms with Crippen LogP contribution in [0.25, 0.3) is 10.9 Å². The van der Waals surface area contributed by atoms with Crippen molar-refractivity contribution in [3.05, 3.63) is 35.5 Å². The fraction of sp³-hybridized carbons (Fsp3) is 0.571. The maximum Gasteiger partial charge on any atom is 0.223 e. The van der Waals surface area contributed by atoms with Crippen molar-refractivity contribution < 1.29 is 4.79 Å². The van der Waals surface area contributed by atoms with Gasteiger partial charge in [0.25, 0.3) is 0 Å². The predicted molar refractivity (Wildman–Crippen MR) is 97.9 cm³/mol. The molecule has 1 aromatic carbocycles. The predicted octanol–water partition coefficient (Wildman–Crippen LogP) is 4.97. The van der Waals surface area contributed by atoms with Gasteiger partial charge in [0.05, 0.1) is 6.04 Å². The first-order valence-electron chi connectivity index (χ1n) is 9.68. The molecule has 1 N–H and O–H groups in total. The second-order valence-electron chi connectivity index (χ2n) is 7.49. The van der Waals surface area contributed by atoms with Gasteiger partial charge in [-0.3, -0.25) is 4.79 Å². The summed E-state index contributed by atoms with van der Waals surface area (Å²) in [5.41, 5.74) is 4.03. The van der Waals surface area contributed by atoms with E-state index in [0.717, 1.165) is 32.2 Å². The van der Waals surface area contributed by atoms with E-state index >= 15 is 0 Å². The molecule has 1 amide bonds. The molecular weight excluding hydrogens is 296 g/mol. The quantitative estimate of drug-likeness (QED) is 0.792. The van der Waals surface area contributed by atoms with Gasteiger partial charge >= 0.3 is 0 Å². The number of carbonyl (C=O) groups excluding carboxylic acids is 1. The van der Waals surface area contributed by atoms with Gasteiger partial charge in [-0.15, -0.1) is 0 Å². The Hall–Kier alpha value is -1.77. The minimum absolute atomic E-state index is 0.271. The van der Waals surface area contributed by atoms with E-state index in [2.05, 4.69) is 41.1 Å². The standard InChI is InChI=1S/C21H28N2O/c1-2-3-4-8-15-12-13-19(24)23-14-7-10-17-16-9-5-6-11-18(16)22-20(17)21(15)23/h5-6,9,11,15,21-22H,2-4,7-8,10,12-14H2,1H3/t15-,21+/m0/s1. The number of nitrogens with zero attached hydrogens (tertiary/aromatic N) is 1. The Kier molecular flexibility index (Phi) is 4.34. The number of rotatable bonds is 4. The molecule has 0 radical (unpaired) electrons. The summed E-state index contributed by atoms with van der Waals surface area (Å²) in [6.45, 7) is 3.18. The number of aryl methyl sites for hydroxylation is 1. The van der Waals surface area contributed by atoms with Gasteiger partial charge in [0.2, 0.25) is 5.91 Å². The van der Waals surface area contributed by atoms with Crippen molar-refractivity contribution in [3.8, 4) is 0 Å². The van der Waals surface area contributed by atoms with Crippen LogP contribution in [-0.4, -0.2) is 22.3 Å². The number of benzene rings is 1. The highest BCUT2D eigenvalue weighted by atomic mass is 16.2. The number of aromatic amines is 1. The molecule has 0 bridgehead atoms. The van der Waals surface area contributed by atoms with Gasteiger partial charge in [0.1, 0.15) is 0 Å². The summed E-state index contributed by atoms with van der Waals surface area (Å²) in [6.07, 6.45) is 9.06. The van der Waals surface area contributed by atoms with Gasteiger partial charge in [0.15, 0.2) is 0 Å². The third kappa shape index (κ3) is 2.64. The zero-order valence-electron chi connectivity index (χ0n) is 14.7.